The van der Waals surface area contributed by atoms with Gasteiger partial charge < -0.3 is 9.80 Å². The third-order valence-corrected chi connectivity index (χ3v) is 5.67. The molecule has 0 spiro atoms. The predicted octanol–water partition coefficient (Wildman–Crippen LogP) is 2.80. The lowest BCUT2D eigenvalue weighted by molar-refractivity contribution is -0.134. The summed E-state index contributed by atoms with van der Waals surface area (Å²) in [5.41, 5.74) is 0.309. The molecule has 1 aliphatic heterocycles. The Hall–Kier alpha value is -1.63. The molecule has 4 nitrogen and oxygen atoms in total. The molecule has 0 bridgehead atoms. The number of carbonyl (C=O) groups is 2. The lowest BCUT2D eigenvalue weighted by atomic mass is 10.2. The Balaban J connectivity index is 1.70. The summed E-state index contributed by atoms with van der Waals surface area (Å²) in [7, 11) is 0. The van der Waals surface area contributed by atoms with E-state index in [1.54, 1.807) is 9.80 Å². The number of likely N-dealkylation sites (N-methyl/N-ethyl adjacent to an activating group) is 1. The van der Waals surface area contributed by atoms with Gasteiger partial charge in [0.2, 0.25) is 11.8 Å². The monoisotopic (exact) mass is 354 g/mol. The second-order valence-electron chi connectivity index (χ2n) is 6.11. The van der Waals surface area contributed by atoms with Crippen molar-refractivity contribution in [1.29, 1.82) is 0 Å². The average Bonchev–Trinajstić information content (AvgIpc) is 3.33. The molecule has 7 heteroatoms. The molecule has 0 radical (unpaired) electrons. The van der Waals surface area contributed by atoms with E-state index in [1.807, 2.05) is 6.92 Å². The Kier molecular flexibility index (Phi) is 5.08. The fraction of sp³-hybridized carbons (Fsp3) is 0.529. The molecule has 1 aromatic rings. The number of rotatable bonds is 6. The number of carbonyl (C=O) groups excluding carboxylic acids is 2. The summed E-state index contributed by atoms with van der Waals surface area (Å²) in [6.07, 6.45) is 1.88. The molecule has 1 atom stereocenters. The molecule has 1 unspecified atom stereocenters. The highest BCUT2D eigenvalue weighted by molar-refractivity contribution is 8.00. The van der Waals surface area contributed by atoms with E-state index in [2.05, 4.69) is 0 Å². The third kappa shape index (κ3) is 3.55. The molecular formula is C17H20F2N2O2S. The van der Waals surface area contributed by atoms with Crippen LogP contribution in [0.25, 0.3) is 0 Å². The quantitative estimate of drug-likeness (QED) is 0.789. The lowest BCUT2D eigenvalue weighted by Crippen LogP contribution is -2.40. The van der Waals surface area contributed by atoms with Gasteiger partial charge in [-0.15, -0.1) is 11.8 Å². The molecule has 2 amide bonds. The summed E-state index contributed by atoms with van der Waals surface area (Å²) in [6.45, 7) is 3.31. The van der Waals surface area contributed by atoms with Crippen LogP contribution in [0.1, 0.15) is 30.7 Å². The summed E-state index contributed by atoms with van der Waals surface area (Å²) in [4.78, 5) is 27.7. The fourth-order valence-corrected chi connectivity index (χ4v) is 4.14. The predicted molar refractivity (Wildman–Crippen MR) is 88.2 cm³/mol. The zero-order chi connectivity index (χ0) is 17.3. The number of hydrogen-bond donors (Lipinski definition) is 0. The van der Waals surface area contributed by atoms with Gasteiger partial charge in [0.1, 0.15) is 17.0 Å². The summed E-state index contributed by atoms with van der Waals surface area (Å²) in [5, 5.41) is -0.465. The summed E-state index contributed by atoms with van der Waals surface area (Å²) >= 11 is 1.33. The molecule has 130 valence electrons. The van der Waals surface area contributed by atoms with Crippen molar-refractivity contribution in [3.8, 4) is 0 Å². The van der Waals surface area contributed by atoms with Gasteiger partial charge in [0, 0.05) is 37.2 Å². The van der Waals surface area contributed by atoms with E-state index >= 15 is 0 Å². The molecule has 2 aliphatic rings. The summed E-state index contributed by atoms with van der Waals surface area (Å²) < 4.78 is 27.2. The number of halogens is 2. The number of thioether (sulfide) groups is 1. The zero-order valence-corrected chi connectivity index (χ0v) is 14.3. The molecule has 1 saturated carbocycles. The molecule has 2 fully saturated rings. The highest BCUT2D eigenvalue weighted by atomic mass is 32.2. The van der Waals surface area contributed by atoms with Crippen molar-refractivity contribution in [3.05, 3.63) is 35.4 Å². The van der Waals surface area contributed by atoms with Gasteiger partial charge in [-0.2, -0.15) is 0 Å². The minimum absolute atomic E-state index is 0.0800. The topological polar surface area (TPSA) is 40.6 Å². The molecule has 1 aliphatic carbocycles. The molecule has 1 aromatic carbocycles. The fourth-order valence-electron chi connectivity index (χ4n) is 2.90. The van der Waals surface area contributed by atoms with Gasteiger partial charge in [-0.05, 0) is 25.8 Å². The number of hydrogen-bond acceptors (Lipinski definition) is 3. The van der Waals surface area contributed by atoms with Crippen LogP contribution >= 0.6 is 11.8 Å². The maximum atomic E-state index is 14.1. The summed E-state index contributed by atoms with van der Waals surface area (Å²) in [5.74, 6) is -0.814. The maximum Gasteiger partial charge on any atom is 0.233 e. The van der Waals surface area contributed by atoms with E-state index in [0.29, 0.717) is 25.2 Å². The Bertz CT molecular complexity index is 651. The second-order valence-corrected chi connectivity index (χ2v) is 7.18. The van der Waals surface area contributed by atoms with Gasteiger partial charge in [0.25, 0.3) is 0 Å². The van der Waals surface area contributed by atoms with Crippen LogP contribution in [0.15, 0.2) is 18.2 Å². The standard InChI is InChI=1S/C17H20F2N2O2S/c1-2-20(16(23)11-3-4-11)7-8-21-15(22)10-24-17(21)13-6-5-12(18)9-14(13)19/h5-6,9,11,17H,2-4,7-8,10H2,1H3. The number of amides is 2. The van der Waals surface area contributed by atoms with Crippen LogP contribution in [-0.2, 0) is 9.59 Å². The van der Waals surface area contributed by atoms with Crippen molar-refractivity contribution in [2.45, 2.75) is 25.1 Å². The Morgan fingerprint density at radius 3 is 2.75 bits per heavy atom. The van der Waals surface area contributed by atoms with E-state index in [-0.39, 0.29) is 23.5 Å². The minimum atomic E-state index is -0.645. The Morgan fingerprint density at radius 1 is 1.38 bits per heavy atom. The van der Waals surface area contributed by atoms with Crippen LogP contribution in [0, 0.1) is 17.6 Å². The van der Waals surface area contributed by atoms with E-state index < -0.39 is 17.0 Å². The molecule has 1 heterocycles. The van der Waals surface area contributed by atoms with Crippen molar-refractivity contribution >= 4 is 23.6 Å². The first-order valence-corrected chi connectivity index (χ1v) is 9.21. The smallest absolute Gasteiger partial charge is 0.233 e. The van der Waals surface area contributed by atoms with E-state index in [1.165, 1.54) is 23.9 Å². The highest BCUT2D eigenvalue weighted by Gasteiger charge is 2.36. The van der Waals surface area contributed by atoms with Gasteiger partial charge in [0.15, 0.2) is 0 Å². The van der Waals surface area contributed by atoms with E-state index in [4.69, 9.17) is 0 Å². The van der Waals surface area contributed by atoms with Crippen LogP contribution in [-0.4, -0.2) is 47.0 Å². The zero-order valence-electron chi connectivity index (χ0n) is 13.5. The first-order valence-electron chi connectivity index (χ1n) is 8.16. The van der Waals surface area contributed by atoms with E-state index in [0.717, 1.165) is 18.9 Å². The third-order valence-electron chi connectivity index (χ3n) is 4.43. The molecular weight excluding hydrogens is 334 g/mol. The van der Waals surface area contributed by atoms with Crippen LogP contribution in [0.4, 0.5) is 8.78 Å². The van der Waals surface area contributed by atoms with Gasteiger partial charge >= 0.3 is 0 Å². The highest BCUT2D eigenvalue weighted by Crippen LogP contribution is 2.39. The van der Waals surface area contributed by atoms with Crippen LogP contribution in [0.5, 0.6) is 0 Å². The van der Waals surface area contributed by atoms with Crippen molar-refractivity contribution in [2.75, 3.05) is 25.4 Å². The molecule has 0 N–H and O–H groups in total. The van der Waals surface area contributed by atoms with Gasteiger partial charge in [-0.25, -0.2) is 8.78 Å². The van der Waals surface area contributed by atoms with Crippen LogP contribution in [0.2, 0.25) is 0 Å². The number of benzene rings is 1. The first kappa shape index (κ1) is 17.2. The van der Waals surface area contributed by atoms with Crippen molar-refractivity contribution in [3.63, 3.8) is 0 Å². The van der Waals surface area contributed by atoms with Gasteiger partial charge in [-0.1, -0.05) is 6.07 Å². The Labute approximate surface area is 144 Å². The molecule has 0 aromatic heterocycles. The second kappa shape index (κ2) is 7.09. The van der Waals surface area contributed by atoms with Crippen molar-refractivity contribution in [1.82, 2.24) is 9.80 Å². The molecule has 1 saturated heterocycles. The Morgan fingerprint density at radius 2 is 2.12 bits per heavy atom. The summed E-state index contributed by atoms with van der Waals surface area (Å²) in [6, 6.07) is 3.43. The van der Waals surface area contributed by atoms with Gasteiger partial charge in [-0.3, -0.25) is 9.59 Å². The first-order chi connectivity index (χ1) is 11.5. The van der Waals surface area contributed by atoms with E-state index in [9.17, 15) is 18.4 Å². The lowest BCUT2D eigenvalue weighted by Gasteiger charge is -2.28. The molecule has 3 rings (SSSR count). The van der Waals surface area contributed by atoms with Crippen molar-refractivity contribution < 1.29 is 18.4 Å². The van der Waals surface area contributed by atoms with Crippen LogP contribution < -0.4 is 0 Å². The molecule has 24 heavy (non-hydrogen) atoms. The minimum Gasteiger partial charge on any atom is -0.341 e. The van der Waals surface area contributed by atoms with Crippen molar-refractivity contribution in [2.24, 2.45) is 5.92 Å². The maximum absolute atomic E-state index is 14.1. The number of nitrogens with zero attached hydrogens (tertiary/aromatic N) is 2. The average molecular weight is 354 g/mol. The van der Waals surface area contributed by atoms with Gasteiger partial charge in [0.05, 0.1) is 5.75 Å². The van der Waals surface area contributed by atoms with Crippen LogP contribution in [0.3, 0.4) is 0 Å². The largest absolute Gasteiger partial charge is 0.341 e. The SMILES string of the molecule is CCN(CCN1C(=O)CSC1c1ccc(F)cc1F)C(=O)C1CC1. The normalized spacial score (nSPS) is 20.5.